The Morgan fingerprint density at radius 2 is 2.05 bits per heavy atom. The molecule has 0 bridgehead atoms. The number of halogens is 1. The summed E-state index contributed by atoms with van der Waals surface area (Å²) in [6, 6.07) is 1.67. The average molecular weight is 277 g/mol. The van der Waals surface area contributed by atoms with E-state index in [0.717, 1.165) is 32.3 Å². The Morgan fingerprint density at radius 1 is 1.32 bits per heavy atom. The highest BCUT2D eigenvalue weighted by atomic mass is 35.5. The first-order valence-electron chi connectivity index (χ1n) is 6.08. The first-order chi connectivity index (χ1) is 9.20. The summed E-state index contributed by atoms with van der Waals surface area (Å²) >= 11 is 5.92. The van der Waals surface area contributed by atoms with Crippen LogP contribution in [-0.4, -0.2) is 34.0 Å². The van der Waals surface area contributed by atoms with Gasteiger partial charge in [0, 0.05) is 19.3 Å². The van der Waals surface area contributed by atoms with Crippen LogP contribution < -0.4 is 10.4 Å². The van der Waals surface area contributed by atoms with Crippen LogP contribution in [0.1, 0.15) is 12.8 Å². The van der Waals surface area contributed by atoms with Crippen molar-refractivity contribution in [3.8, 4) is 0 Å². The number of anilines is 1. The largest absolute Gasteiger partial charge is 0.353 e. The van der Waals surface area contributed by atoms with Crippen molar-refractivity contribution in [3.63, 3.8) is 0 Å². The standard InChI is InChI=1S/C12H13ClN6/c13-8-5-9-11(16-6-8)17-12(10(15)19(9)7-14)18-3-1-2-4-18/h5-7,14-15H,1-4H2. The van der Waals surface area contributed by atoms with E-state index in [2.05, 4.69) is 14.9 Å². The highest BCUT2D eigenvalue weighted by Crippen LogP contribution is 2.18. The van der Waals surface area contributed by atoms with E-state index in [1.807, 2.05) is 0 Å². The Kier molecular flexibility index (Phi) is 2.94. The molecule has 2 N–H and O–H groups in total. The van der Waals surface area contributed by atoms with Crippen LogP contribution in [0.15, 0.2) is 12.3 Å². The first-order valence-corrected chi connectivity index (χ1v) is 6.46. The molecule has 3 rings (SSSR count). The zero-order valence-electron chi connectivity index (χ0n) is 10.2. The Balaban J connectivity index is 2.30. The molecular formula is C12H13ClN6. The summed E-state index contributed by atoms with van der Waals surface area (Å²) in [6.07, 6.45) is 4.85. The molecule has 0 radical (unpaired) electrons. The summed E-state index contributed by atoms with van der Waals surface area (Å²) < 4.78 is 1.45. The maximum atomic E-state index is 8.20. The number of pyridine rings is 1. The van der Waals surface area contributed by atoms with Crippen molar-refractivity contribution in [2.75, 3.05) is 18.0 Å². The molecule has 19 heavy (non-hydrogen) atoms. The lowest BCUT2D eigenvalue weighted by Crippen LogP contribution is -2.32. The molecule has 2 aromatic rings. The van der Waals surface area contributed by atoms with E-state index in [4.69, 9.17) is 22.4 Å². The van der Waals surface area contributed by atoms with Gasteiger partial charge in [-0.25, -0.2) is 9.97 Å². The van der Waals surface area contributed by atoms with E-state index in [1.165, 1.54) is 10.8 Å². The van der Waals surface area contributed by atoms with Gasteiger partial charge in [0.15, 0.2) is 17.0 Å². The lowest BCUT2D eigenvalue weighted by molar-refractivity contribution is 0.881. The van der Waals surface area contributed by atoms with Gasteiger partial charge in [-0.15, -0.1) is 0 Å². The summed E-state index contributed by atoms with van der Waals surface area (Å²) in [7, 11) is 0. The predicted molar refractivity (Wildman–Crippen MR) is 74.0 cm³/mol. The van der Waals surface area contributed by atoms with Gasteiger partial charge >= 0.3 is 0 Å². The van der Waals surface area contributed by atoms with Crippen molar-refractivity contribution in [1.82, 2.24) is 14.5 Å². The maximum Gasteiger partial charge on any atom is 0.178 e. The highest BCUT2D eigenvalue weighted by molar-refractivity contribution is 6.31. The van der Waals surface area contributed by atoms with Crippen LogP contribution in [0, 0.1) is 10.8 Å². The fourth-order valence-electron chi connectivity index (χ4n) is 2.35. The number of nitrogens with zero attached hydrogens (tertiary/aromatic N) is 4. The predicted octanol–water partition coefficient (Wildman–Crippen LogP) is 1.62. The minimum Gasteiger partial charge on any atom is -0.353 e. The maximum absolute atomic E-state index is 8.20. The molecule has 98 valence electrons. The van der Waals surface area contributed by atoms with E-state index in [1.54, 1.807) is 6.07 Å². The molecule has 7 heteroatoms. The number of fused-ring (bicyclic) bond motifs is 1. The molecule has 6 nitrogen and oxygen atoms in total. The Hall–Kier alpha value is -1.95. The molecule has 1 saturated heterocycles. The Labute approximate surface area is 114 Å². The van der Waals surface area contributed by atoms with Gasteiger partial charge in [-0.3, -0.25) is 15.4 Å². The lowest BCUT2D eigenvalue weighted by Gasteiger charge is -2.18. The van der Waals surface area contributed by atoms with Crippen molar-refractivity contribution in [2.24, 2.45) is 0 Å². The van der Waals surface area contributed by atoms with Crippen molar-refractivity contribution >= 4 is 34.9 Å². The van der Waals surface area contributed by atoms with E-state index >= 15 is 0 Å². The third-order valence-corrected chi connectivity index (χ3v) is 3.48. The molecule has 0 amide bonds. The molecule has 1 aliphatic heterocycles. The lowest BCUT2D eigenvalue weighted by atomic mass is 10.4. The molecule has 1 fully saturated rings. The molecule has 0 aromatic carbocycles. The second kappa shape index (κ2) is 4.62. The van der Waals surface area contributed by atoms with Crippen molar-refractivity contribution in [2.45, 2.75) is 12.8 Å². The van der Waals surface area contributed by atoms with E-state index in [9.17, 15) is 0 Å². The molecule has 0 saturated carbocycles. The second-order valence-electron chi connectivity index (χ2n) is 4.47. The monoisotopic (exact) mass is 276 g/mol. The molecule has 0 atom stereocenters. The van der Waals surface area contributed by atoms with Gasteiger partial charge in [0.2, 0.25) is 0 Å². The Bertz CT molecular complexity index is 701. The van der Waals surface area contributed by atoms with Gasteiger partial charge in [-0.05, 0) is 18.9 Å². The van der Waals surface area contributed by atoms with Crippen LogP contribution in [0.25, 0.3) is 11.2 Å². The number of hydrogen-bond donors (Lipinski definition) is 2. The highest BCUT2D eigenvalue weighted by Gasteiger charge is 2.18. The molecule has 0 spiro atoms. The molecule has 3 heterocycles. The van der Waals surface area contributed by atoms with E-state index < -0.39 is 0 Å². The van der Waals surface area contributed by atoms with Crippen LogP contribution in [0.4, 0.5) is 5.82 Å². The smallest absolute Gasteiger partial charge is 0.178 e. The van der Waals surface area contributed by atoms with Crippen molar-refractivity contribution in [1.29, 1.82) is 10.8 Å². The van der Waals surface area contributed by atoms with Gasteiger partial charge in [0.05, 0.1) is 16.9 Å². The summed E-state index contributed by atoms with van der Waals surface area (Å²) in [5.41, 5.74) is 1.29. The molecule has 0 aliphatic carbocycles. The summed E-state index contributed by atoms with van der Waals surface area (Å²) in [5.74, 6) is 0.586. The number of hydrogen-bond acceptors (Lipinski definition) is 5. The van der Waals surface area contributed by atoms with Crippen molar-refractivity contribution in [3.05, 3.63) is 22.8 Å². The minimum absolute atomic E-state index is 0.202. The van der Waals surface area contributed by atoms with Crippen LogP contribution in [0.3, 0.4) is 0 Å². The molecule has 0 unspecified atom stereocenters. The van der Waals surface area contributed by atoms with Crippen LogP contribution in [0.5, 0.6) is 0 Å². The normalized spacial score (nSPS) is 15.1. The van der Waals surface area contributed by atoms with Crippen LogP contribution >= 0.6 is 11.6 Å². The van der Waals surface area contributed by atoms with Gasteiger partial charge < -0.3 is 4.90 Å². The summed E-state index contributed by atoms with van der Waals surface area (Å²) in [4.78, 5) is 10.7. The van der Waals surface area contributed by atoms with E-state index in [0.29, 0.717) is 22.0 Å². The van der Waals surface area contributed by atoms with Crippen LogP contribution in [-0.2, 0) is 0 Å². The third-order valence-electron chi connectivity index (χ3n) is 3.27. The Morgan fingerprint density at radius 3 is 2.74 bits per heavy atom. The minimum atomic E-state index is 0.202. The first kappa shape index (κ1) is 12.1. The van der Waals surface area contributed by atoms with Gasteiger partial charge in [-0.2, -0.15) is 0 Å². The summed E-state index contributed by atoms with van der Waals surface area (Å²) in [5, 5.41) is 16.2. The van der Waals surface area contributed by atoms with Crippen LogP contribution in [0.2, 0.25) is 5.02 Å². The SMILES string of the molecule is N=Cn1c(=N)c(N2CCCC2)nc2ncc(Cl)cc21. The van der Waals surface area contributed by atoms with E-state index in [-0.39, 0.29) is 5.49 Å². The molecule has 2 aromatic heterocycles. The van der Waals surface area contributed by atoms with Gasteiger partial charge in [-0.1, -0.05) is 11.6 Å². The average Bonchev–Trinajstić information content (AvgIpc) is 2.92. The quantitative estimate of drug-likeness (QED) is 0.646. The topological polar surface area (TPSA) is 81.7 Å². The zero-order chi connectivity index (χ0) is 13.4. The van der Waals surface area contributed by atoms with Gasteiger partial charge in [0.25, 0.3) is 0 Å². The van der Waals surface area contributed by atoms with Crippen molar-refractivity contribution < 1.29 is 0 Å². The number of rotatable bonds is 2. The molecule has 1 aliphatic rings. The summed E-state index contributed by atoms with van der Waals surface area (Å²) in [6.45, 7) is 1.80. The zero-order valence-corrected chi connectivity index (χ0v) is 11.0. The number of aromatic nitrogens is 3. The fraction of sp³-hybridized carbons (Fsp3) is 0.333. The fourth-order valence-corrected chi connectivity index (χ4v) is 2.50. The second-order valence-corrected chi connectivity index (χ2v) is 4.91. The van der Waals surface area contributed by atoms with Gasteiger partial charge in [0.1, 0.15) is 0 Å². The third kappa shape index (κ3) is 1.98. The molecular weight excluding hydrogens is 264 g/mol. The number of nitrogens with one attached hydrogen (secondary N) is 2.